The number of nitrogens with two attached hydrogens (primary N) is 1. The van der Waals surface area contributed by atoms with E-state index in [4.69, 9.17) is 5.73 Å². The molecular formula is C12H16N4O. The monoisotopic (exact) mass is 232 g/mol. The Morgan fingerprint density at radius 2 is 2.24 bits per heavy atom. The second-order valence-electron chi connectivity index (χ2n) is 4.23. The molecule has 90 valence electrons. The van der Waals surface area contributed by atoms with Crippen molar-refractivity contribution in [3.8, 4) is 0 Å². The molecule has 5 nitrogen and oxygen atoms in total. The number of amides is 1. The number of imidazole rings is 1. The minimum atomic E-state index is 0.0469. The zero-order valence-corrected chi connectivity index (χ0v) is 10.3. The molecule has 1 aromatic heterocycles. The van der Waals surface area contributed by atoms with Crippen molar-refractivity contribution >= 4 is 22.9 Å². The van der Waals surface area contributed by atoms with Crippen molar-refractivity contribution in [2.75, 3.05) is 12.8 Å². The number of carbonyl (C=O) groups excluding carboxylic acids is 1. The van der Waals surface area contributed by atoms with E-state index in [2.05, 4.69) is 4.98 Å². The van der Waals surface area contributed by atoms with Crippen LogP contribution in [0.5, 0.6) is 0 Å². The fourth-order valence-electron chi connectivity index (χ4n) is 1.75. The van der Waals surface area contributed by atoms with E-state index in [1.54, 1.807) is 18.9 Å². The van der Waals surface area contributed by atoms with Crippen molar-refractivity contribution in [1.82, 2.24) is 14.5 Å². The summed E-state index contributed by atoms with van der Waals surface area (Å²) in [5.41, 5.74) is 8.65. The quantitative estimate of drug-likeness (QED) is 0.844. The van der Waals surface area contributed by atoms with E-state index in [9.17, 15) is 4.79 Å². The summed E-state index contributed by atoms with van der Waals surface area (Å²) >= 11 is 0. The number of rotatable bonds is 2. The van der Waals surface area contributed by atoms with E-state index >= 15 is 0 Å². The lowest BCUT2D eigenvalue weighted by atomic mass is 10.2. The Bertz CT molecular complexity index is 573. The summed E-state index contributed by atoms with van der Waals surface area (Å²) < 4.78 is 1.84. The molecule has 5 heteroatoms. The van der Waals surface area contributed by atoms with Crippen molar-refractivity contribution in [2.45, 2.75) is 13.5 Å². The molecule has 0 radical (unpaired) electrons. The molecule has 0 aliphatic heterocycles. The first-order valence-electron chi connectivity index (χ1n) is 5.41. The summed E-state index contributed by atoms with van der Waals surface area (Å²) in [5.74, 6) is 0.544. The van der Waals surface area contributed by atoms with Gasteiger partial charge in [0.25, 0.3) is 0 Å². The topological polar surface area (TPSA) is 64.2 Å². The minimum Gasteiger partial charge on any atom is -0.369 e. The van der Waals surface area contributed by atoms with Gasteiger partial charge >= 0.3 is 0 Å². The molecule has 0 atom stereocenters. The molecule has 0 fully saturated rings. The van der Waals surface area contributed by atoms with Crippen LogP contribution in [0.25, 0.3) is 11.0 Å². The highest BCUT2D eigenvalue weighted by Crippen LogP contribution is 2.18. The van der Waals surface area contributed by atoms with Gasteiger partial charge < -0.3 is 15.2 Å². The summed E-state index contributed by atoms with van der Waals surface area (Å²) in [4.78, 5) is 17.1. The maximum absolute atomic E-state index is 11.2. The van der Waals surface area contributed by atoms with Crippen LogP contribution >= 0.6 is 0 Å². The number of nitrogen functional groups attached to an aromatic ring is 1. The predicted molar refractivity (Wildman–Crippen MR) is 67.3 cm³/mol. The van der Waals surface area contributed by atoms with Gasteiger partial charge in [0.2, 0.25) is 11.9 Å². The maximum Gasteiger partial charge on any atom is 0.219 e. The van der Waals surface area contributed by atoms with Crippen LogP contribution in [0.4, 0.5) is 5.95 Å². The normalized spacial score (nSPS) is 10.8. The zero-order chi connectivity index (χ0) is 12.6. The number of aromatic nitrogens is 2. The molecular weight excluding hydrogens is 216 g/mol. The Balaban J connectivity index is 2.35. The van der Waals surface area contributed by atoms with Crippen LogP contribution in [0.1, 0.15) is 12.5 Å². The molecule has 17 heavy (non-hydrogen) atoms. The molecule has 0 saturated heterocycles. The maximum atomic E-state index is 11.2. The molecule has 1 amide bonds. The van der Waals surface area contributed by atoms with Crippen LogP contribution in [0, 0.1) is 0 Å². The van der Waals surface area contributed by atoms with Crippen LogP contribution in [0.3, 0.4) is 0 Å². The van der Waals surface area contributed by atoms with Crippen molar-refractivity contribution in [1.29, 1.82) is 0 Å². The molecule has 1 heterocycles. The third-order valence-electron chi connectivity index (χ3n) is 2.94. The lowest BCUT2D eigenvalue weighted by molar-refractivity contribution is -0.128. The van der Waals surface area contributed by atoms with Gasteiger partial charge in [0.05, 0.1) is 11.0 Å². The Morgan fingerprint density at radius 1 is 1.53 bits per heavy atom. The van der Waals surface area contributed by atoms with E-state index in [0.29, 0.717) is 12.5 Å². The number of aryl methyl sites for hydroxylation is 1. The van der Waals surface area contributed by atoms with E-state index < -0.39 is 0 Å². The molecule has 0 spiro atoms. The molecule has 0 aliphatic rings. The average molecular weight is 232 g/mol. The van der Waals surface area contributed by atoms with Gasteiger partial charge in [-0.3, -0.25) is 4.79 Å². The number of carbonyl (C=O) groups is 1. The lowest BCUT2D eigenvalue weighted by Gasteiger charge is -2.14. The van der Waals surface area contributed by atoms with Gasteiger partial charge in [0.15, 0.2) is 0 Å². The van der Waals surface area contributed by atoms with Gasteiger partial charge in [-0.05, 0) is 17.7 Å². The third-order valence-corrected chi connectivity index (χ3v) is 2.94. The van der Waals surface area contributed by atoms with Gasteiger partial charge in [-0.1, -0.05) is 6.07 Å². The van der Waals surface area contributed by atoms with Crippen LogP contribution in [-0.4, -0.2) is 27.4 Å². The summed E-state index contributed by atoms with van der Waals surface area (Å²) in [6.07, 6.45) is 0. The molecule has 2 aromatic rings. The fraction of sp³-hybridized carbons (Fsp3) is 0.333. The Morgan fingerprint density at radius 3 is 2.88 bits per heavy atom. The number of nitrogens with zero attached hydrogens (tertiary/aromatic N) is 3. The van der Waals surface area contributed by atoms with E-state index in [0.717, 1.165) is 16.6 Å². The fourth-order valence-corrected chi connectivity index (χ4v) is 1.75. The van der Waals surface area contributed by atoms with Crippen LogP contribution < -0.4 is 5.73 Å². The predicted octanol–water partition coefficient (Wildman–Crippen LogP) is 1.13. The first-order chi connectivity index (χ1) is 7.99. The third kappa shape index (κ3) is 2.08. The van der Waals surface area contributed by atoms with Crippen molar-refractivity contribution in [3.63, 3.8) is 0 Å². The van der Waals surface area contributed by atoms with Crippen LogP contribution in [0.2, 0.25) is 0 Å². The van der Waals surface area contributed by atoms with Crippen LogP contribution in [0.15, 0.2) is 18.2 Å². The smallest absolute Gasteiger partial charge is 0.219 e. The highest BCUT2D eigenvalue weighted by atomic mass is 16.2. The lowest BCUT2D eigenvalue weighted by Crippen LogP contribution is -2.22. The number of hydrogen-bond donors (Lipinski definition) is 1. The number of benzene rings is 1. The SMILES string of the molecule is CC(=O)N(C)Cc1ccc2c(c1)nc(N)n2C. The molecule has 0 aliphatic carbocycles. The molecule has 0 saturated carbocycles. The highest BCUT2D eigenvalue weighted by molar-refractivity contribution is 5.79. The summed E-state index contributed by atoms with van der Waals surface area (Å²) in [7, 11) is 3.66. The Hall–Kier alpha value is -2.04. The first kappa shape index (κ1) is 11.4. The van der Waals surface area contributed by atoms with Crippen molar-refractivity contribution in [3.05, 3.63) is 23.8 Å². The van der Waals surface area contributed by atoms with Crippen LogP contribution in [-0.2, 0) is 18.4 Å². The number of fused-ring (bicyclic) bond motifs is 1. The van der Waals surface area contributed by atoms with E-state index in [1.165, 1.54) is 0 Å². The average Bonchev–Trinajstić information content (AvgIpc) is 2.54. The van der Waals surface area contributed by atoms with Crippen molar-refractivity contribution in [2.24, 2.45) is 7.05 Å². The number of hydrogen-bond acceptors (Lipinski definition) is 3. The molecule has 2 rings (SSSR count). The van der Waals surface area contributed by atoms with E-state index in [-0.39, 0.29) is 5.91 Å². The largest absolute Gasteiger partial charge is 0.369 e. The zero-order valence-electron chi connectivity index (χ0n) is 10.3. The Labute approximate surface area is 99.8 Å². The first-order valence-corrected chi connectivity index (χ1v) is 5.41. The molecule has 2 N–H and O–H groups in total. The van der Waals surface area contributed by atoms with E-state index in [1.807, 2.05) is 29.8 Å². The van der Waals surface area contributed by atoms with Gasteiger partial charge in [-0.2, -0.15) is 0 Å². The summed E-state index contributed by atoms with van der Waals surface area (Å²) in [6.45, 7) is 2.14. The van der Waals surface area contributed by atoms with Gasteiger partial charge in [-0.25, -0.2) is 4.98 Å². The van der Waals surface area contributed by atoms with Gasteiger partial charge in [-0.15, -0.1) is 0 Å². The molecule has 0 bridgehead atoms. The molecule has 1 aromatic carbocycles. The number of anilines is 1. The van der Waals surface area contributed by atoms with Gasteiger partial charge in [0.1, 0.15) is 0 Å². The second-order valence-corrected chi connectivity index (χ2v) is 4.23. The highest BCUT2D eigenvalue weighted by Gasteiger charge is 2.07. The Kier molecular flexibility index (Phi) is 2.75. The summed E-state index contributed by atoms with van der Waals surface area (Å²) in [6, 6.07) is 5.93. The van der Waals surface area contributed by atoms with Gasteiger partial charge in [0, 0.05) is 27.6 Å². The summed E-state index contributed by atoms with van der Waals surface area (Å²) in [5, 5.41) is 0. The standard InChI is InChI=1S/C12H16N4O/c1-8(17)15(2)7-9-4-5-11-10(6-9)14-12(13)16(11)3/h4-6H,7H2,1-3H3,(H2,13,14). The minimum absolute atomic E-state index is 0.0469. The molecule has 0 unspecified atom stereocenters. The van der Waals surface area contributed by atoms with Crippen molar-refractivity contribution < 1.29 is 4.79 Å². The second kappa shape index (κ2) is 4.08.